The highest BCUT2D eigenvalue weighted by Gasteiger charge is 2.32. The minimum atomic E-state index is -1.19. The van der Waals surface area contributed by atoms with Gasteiger partial charge in [0.25, 0.3) is 5.91 Å². The van der Waals surface area contributed by atoms with Gasteiger partial charge >= 0.3 is 0 Å². The number of ether oxygens (including phenoxy) is 2. The SMILES string of the molecule is CCCCc1ccc(-c2ccc(C(=O)NCC(=O)N(C)C3C(=O)N[C@@H](C)C(=O)NC(C)Cc4ccc(OCCN)c(c4)-c4cc3ccc4OCCN)cc2)cc1. The number of nitrogens with one attached hydrogen (secondary N) is 3. The summed E-state index contributed by atoms with van der Waals surface area (Å²) in [6, 6.07) is 24.2. The van der Waals surface area contributed by atoms with E-state index in [2.05, 4.69) is 47.1 Å². The Labute approximate surface area is 329 Å². The van der Waals surface area contributed by atoms with Crippen LogP contribution in [0.3, 0.4) is 0 Å². The quantitative estimate of drug-likeness (QED) is 0.124. The zero-order valence-electron chi connectivity index (χ0n) is 32.7. The second kappa shape index (κ2) is 19.7. The van der Waals surface area contributed by atoms with Crippen molar-refractivity contribution in [3.8, 4) is 33.8 Å². The van der Waals surface area contributed by atoms with Crippen LogP contribution in [0.4, 0.5) is 0 Å². The van der Waals surface area contributed by atoms with E-state index < -0.39 is 29.8 Å². The first-order chi connectivity index (χ1) is 27.0. The maximum absolute atomic E-state index is 14.1. The molecule has 0 saturated heterocycles. The summed E-state index contributed by atoms with van der Waals surface area (Å²) in [7, 11) is 1.49. The summed E-state index contributed by atoms with van der Waals surface area (Å²) in [6.07, 6.45) is 3.85. The fourth-order valence-corrected chi connectivity index (χ4v) is 6.70. The van der Waals surface area contributed by atoms with E-state index in [0.717, 1.165) is 36.0 Å². The molecule has 4 aromatic carbocycles. The molecule has 1 aliphatic heterocycles. The number of aryl methyl sites for hydroxylation is 1. The molecule has 1 heterocycles. The second-order valence-electron chi connectivity index (χ2n) is 14.2. The highest BCUT2D eigenvalue weighted by Crippen LogP contribution is 2.40. The number of carbonyl (C=O) groups is 4. The van der Waals surface area contributed by atoms with Crippen LogP contribution >= 0.6 is 0 Å². The van der Waals surface area contributed by atoms with Gasteiger partial charge in [-0.15, -0.1) is 0 Å². The van der Waals surface area contributed by atoms with Crippen LogP contribution in [0.2, 0.25) is 0 Å². The van der Waals surface area contributed by atoms with Crippen molar-refractivity contribution in [1.82, 2.24) is 20.9 Å². The van der Waals surface area contributed by atoms with Crippen molar-refractivity contribution in [3.05, 3.63) is 107 Å². The monoisotopic (exact) mass is 762 g/mol. The minimum Gasteiger partial charge on any atom is -0.492 e. The van der Waals surface area contributed by atoms with Crippen LogP contribution in [-0.2, 0) is 27.2 Å². The van der Waals surface area contributed by atoms with Crippen LogP contribution in [0.25, 0.3) is 22.3 Å². The number of benzene rings is 4. The van der Waals surface area contributed by atoms with Crippen molar-refractivity contribution >= 4 is 23.6 Å². The maximum Gasteiger partial charge on any atom is 0.251 e. The molecule has 0 radical (unpaired) electrons. The van der Waals surface area contributed by atoms with Gasteiger partial charge in [-0.2, -0.15) is 0 Å². The van der Waals surface area contributed by atoms with Crippen LogP contribution in [0, 0.1) is 0 Å². The number of nitrogens with two attached hydrogens (primary N) is 2. The minimum absolute atomic E-state index is 0.239. The molecule has 1 aliphatic rings. The molecule has 56 heavy (non-hydrogen) atoms. The van der Waals surface area contributed by atoms with Gasteiger partial charge in [0.15, 0.2) is 0 Å². The fourth-order valence-electron chi connectivity index (χ4n) is 6.70. The van der Waals surface area contributed by atoms with Gasteiger partial charge in [-0.05, 0) is 97.3 Å². The van der Waals surface area contributed by atoms with E-state index in [1.807, 2.05) is 37.3 Å². The van der Waals surface area contributed by atoms with Gasteiger partial charge in [0.1, 0.15) is 36.8 Å². The van der Waals surface area contributed by atoms with Crippen molar-refractivity contribution in [3.63, 3.8) is 0 Å². The summed E-state index contributed by atoms with van der Waals surface area (Å²) >= 11 is 0. The van der Waals surface area contributed by atoms with E-state index in [1.165, 1.54) is 17.5 Å². The number of unbranched alkanes of at least 4 members (excludes halogenated alkanes) is 1. The summed E-state index contributed by atoms with van der Waals surface area (Å²) < 4.78 is 12.1. The van der Waals surface area contributed by atoms with Crippen molar-refractivity contribution in [2.75, 3.05) is 39.9 Å². The Kier molecular flexibility index (Phi) is 14.6. The van der Waals surface area contributed by atoms with Gasteiger partial charge < -0.3 is 41.8 Å². The normalized spacial score (nSPS) is 16.9. The molecule has 296 valence electrons. The Morgan fingerprint density at radius 3 is 2.04 bits per heavy atom. The van der Waals surface area contributed by atoms with Crippen LogP contribution in [0.1, 0.15) is 66.7 Å². The van der Waals surface area contributed by atoms with Gasteiger partial charge in [-0.1, -0.05) is 61.9 Å². The first-order valence-electron chi connectivity index (χ1n) is 19.3. The smallest absolute Gasteiger partial charge is 0.251 e. The van der Waals surface area contributed by atoms with E-state index in [-0.39, 0.29) is 38.3 Å². The lowest BCUT2D eigenvalue weighted by molar-refractivity contribution is -0.139. The first kappa shape index (κ1) is 41.4. The molecule has 4 amide bonds. The number of nitrogens with zero attached hydrogens (tertiary/aromatic N) is 1. The maximum atomic E-state index is 14.1. The molecular formula is C44H54N6O6. The first-order valence-corrected chi connectivity index (χ1v) is 19.3. The zero-order chi connectivity index (χ0) is 40.2. The predicted octanol–water partition coefficient (Wildman–Crippen LogP) is 4.53. The van der Waals surface area contributed by atoms with Crippen molar-refractivity contribution in [2.45, 2.75) is 64.6 Å². The molecule has 2 unspecified atom stereocenters. The zero-order valence-corrected chi connectivity index (χ0v) is 32.7. The van der Waals surface area contributed by atoms with Crippen molar-refractivity contribution in [2.24, 2.45) is 11.5 Å². The number of fused-ring (bicyclic) bond motifs is 5. The standard InChI is InChI=1S/C44H54N6O6/c1-5-6-7-30-8-11-32(12-9-30)33-13-15-34(16-14-33)43(53)47-27-40(51)50(4)41-35-17-19-39(56-23-21-46)37(26-35)36-25-31(10-18-38(36)55-22-20-45)24-28(2)48-42(52)29(3)49-44(41)54/h8-19,25-26,28-29,41H,5-7,20-24,27,45-46H2,1-4H3,(H,47,53)(H,48,52)(H,49,54)/t28?,29-,41?/m0/s1. The molecular weight excluding hydrogens is 709 g/mol. The van der Waals surface area contributed by atoms with Crippen molar-refractivity contribution < 1.29 is 28.7 Å². The lowest BCUT2D eigenvalue weighted by Crippen LogP contribution is -2.52. The van der Waals surface area contributed by atoms with Gasteiger partial charge in [0.05, 0.1) is 6.54 Å². The van der Waals surface area contributed by atoms with Gasteiger partial charge in [0, 0.05) is 42.9 Å². The molecule has 4 bridgehead atoms. The molecule has 3 atom stereocenters. The molecule has 0 aliphatic carbocycles. The third kappa shape index (κ3) is 10.5. The summed E-state index contributed by atoms with van der Waals surface area (Å²) in [6.45, 7) is 6.35. The molecule has 7 N–H and O–H groups in total. The molecule has 12 nitrogen and oxygen atoms in total. The third-order valence-electron chi connectivity index (χ3n) is 9.77. The van der Waals surface area contributed by atoms with Gasteiger partial charge in [0.2, 0.25) is 17.7 Å². The summed E-state index contributed by atoms with van der Waals surface area (Å²) in [4.78, 5) is 55.7. The number of carbonyl (C=O) groups excluding carboxylic acids is 4. The Morgan fingerprint density at radius 1 is 0.804 bits per heavy atom. The van der Waals surface area contributed by atoms with Gasteiger partial charge in [-0.3, -0.25) is 19.2 Å². The molecule has 0 spiro atoms. The van der Waals surface area contributed by atoms with E-state index in [0.29, 0.717) is 46.7 Å². The van der Waals surface area contributed by atoms with E-state index in [9.17, 15) is 19.2 Å². The highest BCUT2D eigenvalue weighted by atomic mass is 16.5. The lowest BCUT2D eigenvalue weighted by Gasteiger charge is -2.30. The largest absolute Gasteiger partial charge is 0.492 e. The molecule has 0 saturated carbocycles. The number of hydrogen-bond acceptors (Lipinski definition) is 8. The molecule has 0 fully saturated rings. The molecule has 12 heteroatoms. The molecule has 4 aromatic rings. The molecule has 0 aromatic heterocycles. The molecule has 5 rings (SSSR count). The highest BCUT2D eigenvalue weighted by molar-refractivity contribution is 5.98. The Hall–Kier alpha value is -5.72. The van der Waals surface area contributed by atoms with Crippen LogP contribution in [-0.4, -0.2) is 80.5 Å². The second-order valence-corrected chi connectivity index (χ2v) is 14.2. The lowest BCUT2D eigenvalue weighted by atomic mass is 9.94. The van der Waals surface area contributed by atoms with E-state index in [1.54, 1.807) is 37.3 Å². The van der Waals surface area contributed by atoms with E-state index in [4.69, 9.17) is 20.9 Å². The summed E-state index contributed by atoms with van der Waals surface area (Å²) in [5, 5.41) is 8.48. The number of amides is 4. The third-order valence-corrected chi connectivity index (χ3v) is 9.77. The average Bonchev–Trinajstić information content (AvgIpc) is 3.20. The Bertz CT molecular complexity index is 1980. The summed E-state index contributed by atoms with van der Waals surface area (Å²) in [5.41, 5.74) is 18.0. The fraction of sp³-hybridized carbons (Fsp3) is 0.364. The Morgan fingerprint density at radius 2 is 1.41 bits per heavy atom. The predicted molar refractivity (Wildman–Crippen MR) is 218 cm³/mol. The van der Waals surface area contributed by atoms with Crippen LogP contribution in [0.15, 0.2) is 84.9 Å². The van der Waals surface area contributed by atoms with E-state index >= 15 is 0 Å². The number of hydrogen-bond donors (Lipinski definition) is 5. The van der Waals surface area contributed by atoms with Crippen LogP contribution in [0.5, 0.6) is 11.5 Å². The van der Waals surface area contributed by atoms with Crippen molar-refractivity contribution in [1.29, 1.82) is 0 Å². The number of likely N-dealkylation sites (N-methyl/N-ethyl adjacent to an activating group) is 1. The van der Waals surface area contributed by atoms with Crippen LogP contribution < -0.4 is 36.9 Å². The topological polar surface area (TPSA) is 178 Å². The number of rotatable bonds is 14. The van der Waals surface area contributed by atoms with Gasteiger partial charge in [-0.25, -0.2) is 0 Å². The average molecular weight is 763 g/mol. The summed E-state index contributed by atoms with van der Waals surface area (Å²) in [5.74, 6) is -0.851. The Balaban J connectivity index is 1.42.